The van der Waals surface area contributed by atoms with Gasteiger partial charge in [-0.2, -0.15) is 0 Å². The van der Waals surface area contributed by atoms with Gasteiger partial charge in [0.1, 0.15) is 6.10 Å². The largest absolute Gasteiger partial charge is 0.399 e. The van der Waals surface area contributed by atoms with Crippen LogP contribution in [-0.2, 0) is 12.8 Å². The fraction of sp³-hybridized carbons (Fsp3) is 0.457. The average Bonchev–Trinajstić information content (AvgIpc) is 3.76. The number of nitrogens with zero attached hydrogens (tertiary/aromatic N) is 1. The van der Waals surface area contributed by atoms with Gasteiger partial charge in [-0.3, -0.25) is 4.99 Å². The first-order chi connectivity index (χ1) is 24.1. The Morgan fingerprint density at radius 2 is 1.09 bits per heavy atom. The predicted octanol–water partition coefficient (Wildman–Crippen LogP) is 11.6. The van der Waals surface area contributed by atoms with E-state index in [-0.39, 0.29) is 27.0 Å². The summed E-state index contributed by atoms with van der Waals surface area (Å²) in [6.07, 6.45) is 6.43. The molecule has 5 atom stereocenters. The smallest absolute Gasteiger partial charge is 0.101 e. The molecule has 5 nitrogen and oxygen atoms in total. The number of benzene rings is 4. The molecule has 1 fully saturated rings. The number of anilines is 2. The van der Waals surface area contributed by atoms with E-state index in [1.165, 1.54) is 23.3 Å². The zero-order chi connectivity index (χ0) is 37.0. The lowest BCUT2D eigenvalue weighted by molar-refractivity contribution is 0.109. The first kappa shape index (κ1) is 45.7. The molecule has 0 radical (unpaired) electrons. The molecule has 4 aromatic rings. The van der Waals surface area contributed by atoms with Crippen LogP contribution < -0.4 is 11.5 Å². The first-order valence-corrected chi connectivity index (χ1v) is 26.3. The van der Waals surface area contributed by atoms with E-state index in [0.717, 1.165) is 61.0 Å². The Hall–Kier alpha value is -3.50. The molecular weight excluding hydrogens is 683 g/mol. The van der Waals surface area contributed by atoms with Gasteiger partial charge in [-0.05, 0) is 96.9 Å². The Kier molecular flexibility index (Phi) is 18.4. The summed E-state index contributed by atoms with van der Waals surface area (Å²) in [6, 6.07) is 35.9. The summed E-state index contributed by atoms with van der Waals surface area (Å²) in [7, 11) is -1.46. The Bertz CT molecular complexity index is 1600. The molecular formula is C46H71N3O2Si2. The SMILES string of the molecule is C.C.C[Si](C)(C)C[Si](C)(C)C.Nc1ccc(CC2=N[C@@H]([C@H](O)c3ccccc3)CC2)cc1.Nc1ccc(C[C@@H]2CC[C@H]([C@H](O)c3ccccc3)C2)cc1. The Morgan fingerprint density at radius 3 is 1.57 bits per heavy atom. The highest BCUT2D eigenvalue weighted by molar-refractivity contribution is 6.94. The Morgan fingerprint density at radius 1 is 0.623 bits per heavy atom. The molecule has 290 valence electrons. The number of hydrogen-bond acceptors (Lipinski definition) is 5. The fourth-order valence-corrected chi connectivity index (χ4v) is 20.6. The molecule has 1 aliphatic carbocycles. The summed E-state index contributed by atoms with van der Waals surface area (Å²) in [5.74, 6) is 1.07. The molecule has 1 aliphatic heterocycles. The molecule has 2 aliphatic rings. The summed E-state index contributed by atoms with van der Waals surface area (Å²) in [5.41, 5.74) is 20.3. The molecule has 0 amide bonds. The molecule has 0 unspecified atom stereocenters. The zero-order valence-corrected chi connectivity index (χ0v) is 33.9. The van der Waals surface area contributed by atoms with Crippen LogP contribution in [0.3, 0.4) is 0 Å². The molecule has 6 rings (SSSR count). The number of aliphatic hydroxyl groups excluding tert-OH is 2. The normalized spacial score (nSPS) is 19.2. The van der Waals surface area contributed by atoms with Crippen LogP contribution in [0.1, 0.15) is 81.4 Å². The molecule has 0 aromatic heterocycles. The van der Waals surface area contributed by atoms with E-state index >= 15 is 0 Å². The van der Waals surface area contributed by atoms with Crippen molar-refractivity contribution >= 4 is 33.2 Å². The van der Waals surface area contributed by atoms with Gasteiger partial charge in [-0.1, -0.05) is 145 Å². The van der Waals surface area contributed by atoms with Gasteiger partial charge in [0.15, 0.2) is 0 Å². The molecule has 1 heterocycles. The third-order valence-corrected chi connectivity index (χ3v) is 18.2. The van der Waals surface area contributed by atoms with E-state index in [2.05, 4.69) is 51.4 Å². The third kappa shape index (κ3) is 16.2. The van der Waals surface area contributed by atoms with Gasteiger partial charge >= 0.3 is 0 Å². The van der Waals surface area contributed by atoms with Crippen LogP contribution in [0.25, 0.3) is 0 Å². The number of nitrogen functional groups attached to an aromatic ring is 2. The maximum absolute atomic E-state index is 10.5. The van der Waals surface area contributed by atoms with E-state index in [4.69, 9.17) is 16.5 Å². The lowest BCUT2D eigenvalue weighted by atomic mass is 9.91. The van der Waals surface area contributed by atoms with Gasteiger partial charge in [0.05, 0.1) is 12.1 Å². The predicted molar refractivity (Wildman–Crippen MR) is 238 cm³/mol. The van der Waals surface area contributed by atoms with Crippen LogP contribution in [0.2, 0.25) is 44.9 Å². The second-order valence-electron chi connectivity index (χ2n) is 17.1. The summed E-state index contributed by atoms with van der Waals surface area (Å²) in [6.45, 7) is 14.8. The van der Waals surface area contributed by atoms with Crippen LogP contribution in [0, 0.1) is 11.8 Å². The van der Waals surface area contributed by atoms with Gasteiger partial charge in [-0.15, -0.1) is 0 Å². The topological polar surface area (TPSA) is 105 Å². The van der Waals surface area contributed by atoms with Gasteiger partial charge in [0.2, 0.25) is 0 Å². The maximum atomic E-state index is 10.5. The summed E-state index contributed by atoms with van der Waals surface area (Å²) >= 11 is 0. The fourth-order valence-electron chi connectivity index (χ4n) is 7.87. The van der Waals surface area contributed by atoms with Crippen LogP contribution in [0.15, 0.2) is 114 Å². The minimum atomic E-state index is -0.731. The van der Waals surface area contributed by atoms with Crippen molar-refractivity contribution in [3.05, 3.63) is 131 Å². The summed E-state index contributed by atoms with van der Waals surface area (Å²) < 4.78 is 0. The van der Waals surface area contributed by atoms with Crippen molar-refractivity contribution in [1.29, 1.82) is 0 Å². The van der Waals surface area contributed by atoms with Gasteiger partial charge < -0.3 is 21.7 Å². The van der Waals surface area contributed by atoms with Crippen LogP contribution in [0.4, 0.5) is 11.4 Å². The van der Waals surface area contributed by atoms with Crippen LogP contribution in [0.5, 0.6) is 0 Å². The Balaban J connectivity index is 0.000000291. The van der Waals surface area contributed by atoms with E-state index < -0.39 is 22.3 Å². The van der Waals surface area contributed by atoms with Crippen molar-refractivity contribution in [2.75, 3.05) is 11.5 Å². The highest BCUT2D eigenvalue weighted by Gasteiger charge is 2.31. The minimum absolute atomic E-state index is 0. The second kappa shape index (κ2) is 21.4. The van der Waals surface area contributed by atoms with E-state index in [1.54, 1.807) is 5.67 Å². The van der Waals surface area contributed by atoms with Crippen molar-refractivity contribution < 1.29 is 10.2 Å². The number of rotatable bonds is 10. The number of hydrogen-bond donors (Lipinski definition) is 4. The molecule has 53 heavy (non-hydrogen) atoms. The Labute approximate surface area is 325 Å². The van der Waals surface area contributed by atoms with Gasteiger partial charge in [0, 0.05) is 39.7 Å². The molecule has 1 saturated carbocycles. The standard InChI is InChI=1S/C19H23NO.C18H20N2O.C7H20Si2.2CH4/c20-18-10-7-14(8-11-18)12-15-6-9-17(13-15)19(21)16-4-2-1-3-5-16;19-15-8-6-13(7-9-15)12-16-10-11-17(20-16)18(21)14-4-2-1-3-5-14;1-8(2,3)7-9(4,5)6;;/h1-5,7-8,10-11,15,17,19,21H,6,9,12-13,20H2;1-9,17-18,21H,10-12,19H2;7H2,1-6H3;2*1H4/t15-,17-,19+;17-,18-;;;/m01.../s1. The molecule has 0 bridgehead atoms. The van der Waals surface area contributed by atoms with Crippen molar-refractivity contribution in [3.63, 3.8) is 0 Å². The highest BCUT2D eigenvalue weighted by atomic mass is 28.4. The lowest BCUT2D eigenvalue weighted by Gasteiger charge is -2.25. The minimum Gasteiger partial charge on any atom is -0.399 e. The van der Waals surface area contributed by atoms with Gasteiger partial charge in [0.25, 0.3) is 0 Å². The van der Waals surface area contributed by atoms with Crippen molar-refractivity contribution in [3.8, 4) is 0 Å². The summed E-state index contributed by atoms with van der Waals surface area (Å²) in [4.78, 5) is 4.72. The first-order valence-electron chi connectivity index (χ1n) is 18.9. The second-order valence-corrected chi connectivity index (χ2v) is 28.8. The maximum Gasteiger partial charge on any atom is 0.101 e. The van der Waals surface area contributed by atoms with E-state index in [9.17, 15) is 10.2 Å². The van der Waals surface area contributed by atoms with E-state index in [0.29, 0.717) is 11.8 Å². The van der Waals surface area contributed by atoms with Crippen LogP contribution >= 0.6 is 0 Å². The zero-order valence-electron chi connectivity index (χ0n) is 31.9. The highest BCUT2D eigenvalue weighted by Crippen LogP contribution is 2.40. The third-order valence-electron chi connectivity index (χ3n) is 9.70. The lowest BCUT2D eigenvalue weighted by Crippen LogP contribution is -2.34. The van der Waals surface area contributed by atoms with Crippen molar-refractivity contribution in [2.45, 2.75) is 123 Å². The molecule has 6 N–H and O–H groups in total. The molecule has 7 heteroatoms. The quantitative estimate of drug-likeness (QED) is 0.0956. The molecule has 0 saturated heterocycles. The number of aliphatic hydroxyl groups is 2. The van der Waals surface area contributed by atoms with Crippen molar-refractivity contribution in [2.24, 2.45) is 16.8 Å². The van der Waals surface area contributed by atoms with Gasteiger partial charge in [-0.25, -0.2) is 0 Å². The molecule has 0 spiro atoms. The number of nitrogens with two attached hydrogens (primary N) is 2. The average molecular weight is 754 g/mol. The number of aliphatic imine (C=N–C) groups is 1. The van der Waals surface area contributed by atoms with E-state index in [1.807, 2.05) is 97.1 Å². The summed E-state index contributed by atoms with van der Waals surface area (Å²) in [5, 5.41) is 20.9. The monoisotopic (exact) mass is 754 g/mol. The molecule has 4 aromatic carbocycles. The van der Waals surface area contributed by atoms with Crippen molar-refractivity contribution in [1.82, 2.24) is 0 Å². The van der Waals surface area contributed by atoms with Crippen LogP contribution in [-0.4, -0.2) is 38.1 Å².